The quantitative estimate of drug-likeness (QED) is 0.502. The lowest BCUT2D eigenvalue weighted by Gasteiger charge is -2.09. The molecule has 0 amide bonds. The number of thioether (sulfide) groups is 1. The summed E-state index contributed by atoms with van der Waals surface area (Å²) in [5.41, 5.74) is 0.259. The molecule has 1 heterocycles. The largest absolute Gasteiger partial charge is 0.465 e. The summed E-state index contributed by atoms with van der Waals surface area (Å²) >= 11 is 7.28. The summed E-state index contributed by atoms with van der Waals surface area (Å²) in [5, 5.41) is 0.329. The number of esters is 1. The smallest absolute Gasteiger partial charge is 0.342 e. The maximum Gasteiger partial charge on any atom is 0.342 e. The van der Waals surface area contributed by atoms with Gasteiger partial charge in [-0.1, -0.05) is 17.7 Å². The van der Waals surface area contributed by atoms with Crippen molar-refractivity contribution >= 4 is 39.4 Å². The molecule has 0 radical (unpaired) electrons. The number of nitrogens with one attached hydrogen (secondary N) is 1. The molecular formula is C17H19ClFNO5S2. The third-order valence-electron chi connectivity index (χ3n) is 3.71. The average molecular weight is 436 g/mol. The zero-order chi connectivity index (χ0) is 20.2. The van der Waals surface area contributed by atoms with E-state index < -0.39 is 21.8 Å². The Kier molecular flexibility index (Phi) is 7.32. The van der Waals surface area contributed by atoms with E-state index in [1.165, 1.54) is 44.9 Å². The molecule has 0 aliphatic carbocycles. The highest BCUT2D eigenvalue weighted by Crippen LogP contribution is 2.27. The van der Waals surface area contributed by atoms with Crippen LogP contribution in [0, 0.1) is 19.7 Å². The van der Waals surface area contributed by atoms with Gasteiger partial charge >= 0.3 is 5.97 Å². The maximum atomic E-state index is 13.7. The van der Waals surface area contributed by atoms with Crippen LogP contribution < -0.4 is 4.72 Å². The number of benzene rings is 1. The van der Waals surface area contributed by atoms with E-state index in [2.05, 4.69) is 9.46 Å². The molecule has 0 atom stereocenters. The van der Waals surface area contributed by atoms with Crippen molar-refractivity contribution in [2.45, 2.75) is 24.5 Å². The zero-order valence-corrected chi connectivity index (χ0v) is 17.4. The number of methoxy groups -OCH3 is 1. The average Bonchev–Trinajstić information content (AvgIpc) is 2.91. The molecule has 148 valence electrons. The number of carbonyl (C=O) groups is 1. The molecule has 0 saturated heterocycles. The van der Waals surface area contributed by atoms with Crippen LogP contribution in [-0.4, -0.2) is 33.8 Å². The SMILES string of the molecule is COC(=O)c1c(C)oc(C)c1S(=O)(=O)NCCSCc1c(F)cccc1Cl. The van der Waals surface area contributed by atoms with Gasteiger partial charge in [-0.15, -0.1) is 0 Å². The van der Waals surface area contributed by atoms with Gasteiger partial charge in [0.15, 0.2) is 0 Å². The van der Waals surface area contributed by atoms with E-state index in [4.69, 9.17) is 16.0 Å². The van der Waals surface area contributed by atoms with E-state index in [1.807, 2.05) is 0 Å². The highest BCUT2D eigenvalue weighted by Gasteiger charge is 2.31. The molecule has 1 aromatic carbocycles. The van der Waals surface area contributed by atoms with E-state index in [1.54, 1.807) is 6.07 Å². The highest BCUT2D eigenvalue weighted by atomic mass is 35.5. The Morgan fingerprint density at radius 3 is 2.67 bits per heavy atom. The van der Waals surface area contributed by atoms with Crippen molar-refractivity contribution in [1.82, 2.24) is 4.72 Å². The van der Waals surface area contributed by atoms with E-state index >= 15 is 0 Å². The standard InChI is InChI=1S/C17H19ClFNO5S2/c1-10-15(17(21)24-3)16(11(2)25-10)27(22,23)20-7-8-26-9-12-13(18)5-4-6-14(12)19/h4-6,20H,7-9H2,1-3H3. The Hall–Kier alpha value is -1.55. The van der Waals surface area contributed by atoms with Crippen LogP contribution >= 0.6 is 23.4 Å². The third-order valence-corrected chi connectivity index (χ3v) is 6.66. The maximum absolute atomic E-state index is 13.7. The molecule has 0 unspecified atom stereocenters. The molecule has 1 N–H and O–H groups in total. The third kappa shape index (κ3) is 5.04. The summed E-state index contributed by atoms with van der Waals surface area (Å²) < 4.78 is 51.2. The summed E-state index contributed by atoms with van der Waals surface area (Å²) in [5.74, 6) is -0.219. The van der Waals surface area contributed by atoms with Gasteiger partial charge in [-0.2, -0.15) is 11.8 Å². The molecule has 0 saturated carbocycles. The minimum absolute atomic E-state index is 0.0867. The fourth-order valence-electron chi connectivity index (χ4n) is 2.49. The second-order valence-electron chi connectivity index (χ2n) is 5.56. The minimum atomic E-state index is -3.98. The van der Waals surface area contributed by atoms with Crippen LogP contribution in [0.4, 0.5) is 4.39 Å². The Bertz CT molecular complexity index is 923. The molecule has 6 nitrogen and oxygen atoms in total. The zero-order valence-electron chi connectivity index (χ0n) is 15.0. The lowest BCUT2D eigenvalue weighted by Crippen LogP contribution is -2.28. The summed E-state index contributed by atoms with van der Waals surface area (Å²) in [7, 11) is -2.81. The first-order chi connectivity index (χ1) is 12.7. The normalized spacial score (nSPS) is 11.6. The topological polar surface area (TPSA) is 85.6 Å². The first-order valence-electron chi connectivity index (χ1n) is 7.87. The Morgan fingerprint density at radius 2 is 2.04 bits per heavy atom. The predicted molar refractivity (Wildman–Crippen MR) is 102 cm³/mol. The van der Waals surface area contributed by atoms with Gasteiger partial charge in [0.1, 0.15) is 27.8 Å². The van der Waals surface area contributed by atoms with Gasteiger partial charge in [-0.25, -0.2) is 22.3 Å². The van der Waals surface area contributed by atoms with Crippen molar-refractivity contribution in [2.24, 2.45) is 0 Å². The predicted octanol–water partition coefficient (Wildman–Crippen LogP) is 3.69. The molecule has 2 aromatic rings. The van der Waals surface area contributed by atoms with Gasteiger partial charge in [-0.05, 0) is 26.0 Å². The Morgan fingerprint density at radius 1 is 1.33 bits per heavy atom. The van der Waals surface area contributed by atoms with Crippen molar-refractivity contribution < 1.29 is 26.8 Å². The van der Waals surface area contributed by atoms with Crippen molar-refractivity contribution in [3.8, 4) is 0 Å². The lowest BCUT2D eigenvalue weighted by molar-refractivity contribution is 0.0595. The molecule has 10 heteroatoms. The molecule has 27 heavy (non-hydrogen) atoms. The molecule has 0 aliphatic heterocycles. The molecule has 0 spiro atoms. The fourth-order valence-corrected chi connectivity index (χ4v) is 5.25. The molecule has 1 aromatic heterocycles. The van der Waals surface area contributed by atoms with Crippen LogP contribution in [0.3, 0.4) is 0 Å². The fraction of sp³-hybridized carbons (Fsp3) is 0.353. The number of carbonyl (C=O) groups excluding carboxylic acids is 1. The van der Waals surface area contributed by atoms with Crippen molar-refractivity contribution in [3.05, 3.63) is 51.7 Å². The minimum Gasteiger partial charge on any atom is -0.465 e. The van der Waals surface area contributed by atoms with Gasteiger partial charge < -0.3 is 9.15 Å². The van der Waals surface area contributed by atoms with Crippen LogP contribution in [0.25, 0.3) is 0 Å². The molecular weight excluding hydrogens is 417 g/mol. The first kappa shape index (κ1) is 21.7. The van der Waals surface area contributed by atoms with Crippen molar-refractivity contribution in [2.75, 3.05) is 19.4 Å². The van der Waals surface area contributed by atoms with Gasteiger partial charge in [0.2, 0.25) is 10.0 Å². The van der Waals surface area contributed by atoms with Crippen LogP contribution in [0.1, 0.15) is 27.4 Å². The summed E-state index contributed by atoms with van der Waals surface area (Å²) in [4.78, 5) is 11.7. The monoisotopic (exact) mass is 435 g/mol. The number of hydrogen-bond donors (Lipinski definition) is 1. The van der Waals surface area contributed by atoms with Crippen LogP contribution in [0.5, 0.6) is 0 Å². The summed E-state index contributed by atoms with van der Waals surface area (Å²) in [6.45, 7) is 3.04. The molecule has 0 aliphatic rings. The first-order valence-corrected chi connectivity index (χ1v) is 10.9. The number of sulfonamides is 1. The van der Waals surface area contributed by atoms with E-state index in [-0.39, 0.29) is 28.5 Å². The van der Waals surface area contributed by atoms with E-state index in [0.717, 1.165) is 0 Å². The van der Waals surface area contributed by atoms with Gasteiger partial charge in [0.25, 0.3) is 0 Å². The Labute approximate surface area is 166 Å². The highest BCUT2D eigenvalue weighted by molar-refractivity contribution is 7.98. The van der Waals surface area contributed by atoms with E-state index in [9.17, 15) is 17.6 Å². The number of hydrogen-bond acceptors (Lipinski definition) is 6. The number of rotatable bonds is 8. The van der Waals surface area contributed by atoms with Crippen LogP contribution in [0.2, 0.25) is 5.02 Å². The van der Waals surface area contributed by atoms with Gasteiger partial charge in [0, 0.05) is 28.6 Å². The number of ether oxygens (including phenoxy) is 1. The molecule has 0 bridgehead atoms. The molecule has 2 rings (SSSR count). The lowest BCUT2D eigenvalue weighted by atomic mass is 10.2. The van der Waals surface area contributed by atoms with Crippen molar-refractivity contribution in [3.63, 3.8) is 0 Å². The van der Waals surface area contributed by atoms with Crippen LogP contribution in [0.15, 0.2) is 27.5 Å². The number of halogens is 2. The number of furan rings is 1. The summed E-state index contributed by atoms with van der Waals surface area (Å²) in [6, 6.07) is 4.44. The van der Waals surface area contributed by atoms with E-state index in [0.29, 0.717) is 22.1 Å². The van der Waals surface area contributed by atoms with Crippen molar-refractivity contribution in [1.29, 1.82) is 0 Å². The second kappa shape index (κ2) is 9.09. The second-order valence-corrected chi connectivity index (χ2v) is 8.78. The van der Waals surface area contributed by atoms with Gasteiger partial charge in [-0.3, -0.25) is 0 Å². The van der Waals surface area contributed by atoms with Gasteiger partial charge in [0.05, 0.1) is 7.11 Å². The molecule has 0 fully saturated rings. The van der Waals surface area contributed by atoms with Crippen LogP contribution in [-0.2, 0) is 20.5 Å². The Balaban J connectivity index is 2.01. The summed E-state index contributed by atoms with van der Waals surface area (Å²) in [6.07, 6.45) is 0. The number of aryl methyl sites for hydroxylation is 2.